The van der Waals surface area contributed by atoms with Crippen LogP contribution in [0.25, 0.3) is 5.69 Å². The molecule has 1 amide bonds. The molecule has 0 spiro atoms. The topological polar surface area (TPSA) is 63.6 Å². The maximum Gasteiger partial charge on any atom is 0.255 e. The number of aromatic nitrogens is 1. The average molecular weight is 367 g/mol. The number of nitrogens with one attached hydrogen (secondary N) is 1. The van der Waals surface area contributed by atoms with E-state index < -0.39 is 0 Å². The highest BCUT2D eigenvalue weighted by Gasteiger charge is 2.44. The van der Waals surface area contributed by atoms with Crippen LogP contribution in [-0.2, 0) is 4.74 Å². The fourth-order valence-electron chi connectivity index (χ4n) is 3.58. The van der Waals surface area contributed by atoms with E-state index >= 15 is 0 Å². The van der Waals surface area contributed by atoms with Gasteiger partial charge in [0.25, 0.3) is 11.5 Å². The number of hydrogen-bond donors (Lipinski definition) is 1. The molecule has 27 heavy (non-hydrogen) atoms. The molecule has 0 atom stereocenters. The number of hydrogen-bond acceptors (Lipinski definition) is 4. The summed E-state index contributed by atoms with van der Waals surface area (Å²) in [5, 5.41) is 3.08. The Kier molecular flexibility index (Phi) is 5.09. The molecule has 1 aromatic carbocycles. The summed E-state index contributed by atoms with van der Waals surface area (Å²) in [6.45, 7) is 5.22. The van der Waals surface area contributed by atoms with E-state index in [1.54, 1.807) is 12.3 Å². The third-order valence-electron chi connectivity index (χ3n) is 5.45. The minimum atomic E-state index is -0.149. The first-order chi connectivity index (χ1) is 13.2. The average Bonchev–Trinajstić information content (AvgIpc) is 3.47. The molecule has 6 heteroatoms. The number of morpholine rings is 1. The van der Waals surface area contributed by atoms with Gasteiger partial charge in [0.2, 0.25) is 0 Å². The minimum Gasteiger partial charge on any atom is -0.379 e. The van der Waals surface area contributed by atoms with Gasteiger partial charge in [-0.05, 0) is 31.0 Å². The summed E-state index contributed by atoms with van der Waals surface area (Å²) in [4.78, 5) is 27.2. The predicted molar refractivity (Wildman–Crippen MR) is 103 cm³/mol. The van der Waals surface area contributed by atoms with Crippen molar-refractivity contribution in [2.75, 3.05) is 39.4 Å². The van der Waals surface area contributed by atoms with Crippen molar-refractivity contribution in [3.63, 3.8) is 0 Å². The van der Waals surface area contributed by atoms with Crippen LogP contribution >= 0.6 is 0 Å². The molecule has 1 saturated carbocycles. The highest BCUT2D eigenvalue weighted by Crippen LogP contribution is 2.45. The fourth-order valence-corrected chi connectivity index (χ4v) is 3.58. The van der Waals surface area contributed by atoms with Crippen LogP contribution < -0.4 is 10.9 Å². The molecule has 1 aliphatic heterocycles. The second kappa shape index (κ2) is 7.66. The Bertz CT molecular complexity index is 852. The summed E-state index contributed by atoms with van der Waals surface area (Å²) in [5.74, 6) is -0.132. The summed E-state index contributed by atoms with van der Waals surface area (Å²) in [6, 6.07) is 12.4. The van der Waals surface area contributed by atoms with Gasteiger partial charge in [-0.2, -0.15) is 0 Å². The van der Waals surface area contributed by atoms with E-state index in [2.05, 4.69) is 10.2 Å². The lowest BCUT2D eigenvalue weighted by Crippen LogP contribution is -2.43. The number of ether oxygens (including phenoxy) is 1. The molecule has 2 aliphatic rings. The summed E-state index contributed by atoms with van der Waals surface area (Å²) in [5.41, 5.74) is 1.30. The summed E-state index contributed by atoms with van der Waals surface area (Å²) in [7, 11) is 0. The second-order valence-corrected chi connectivity index (χ2v) is 7.53. The molecule has 1 aromatic heterocycles. The molecule has 1 saturated heterocycles. The van der Waals surface area contributed by atoms with Crippen LogP contribution in [0.2, 0.25) is 0 Å². The van der Waals surface area contributed by atoms with Crippen molar-refractivity contribution in [3.8, 4) is 5.69 Å². The molecule has 1 aliphatic carbocycles. The number of benzene rings is 1. The van der Waals surface area contributed by atoms with Crippen molar-refractivity contribution < 1.29 is 9.53 Å². The van der Waals surface area contributed by atoms with Crippen LogP contribution in [0, 0.1) is 5.41 Å². The smallest absolute Gasteiger partial charge is 0.255 e. The number of amides is 1. The zero-order valence-electron chi connectivity index (χ0n) is 15.4. The molecule has 6 nitrogen and oxygen atoms in total. The second-order valence-electron chi connectivity index (χ2n) is 7.53. The van der Waals surface area contributed by atoms with Crippen LogP contribution in [0.15, 0.2) is 53.5 Å². The van der Waals surface area contributed by atoms with Gasteiger partial charge in [-0.15, -0.1) is 0 Å². The molecule has 142 valence electrons. The third-order valence-corrected chi connectivity index (χ3v) is 5.45. The Balaban J connectivity index is 1.41. The maximum atomic E-state index is 12.6. The predicted octanol–water partition coefficient (Wildman–Crippen LogP) is 1.68. The van der Waals surface area contributed by atoms with Crippen LogP contribution in [0.1, 0.15) is 23.2 Å². The van der Waals surface area contributed by atoms with Crippen LogP contribution in [-0.4, -0.2) is 54.8 Å². The van der Waals surface area contributed by atoms with Crippen molar-refractivity contribution in [3.05, 3.63) is 64.6 Å². The molecule has 2 heterocycles. The fraction of sp³-hybridized carbons (Fsp3) is 0.429. The number of nitrogens with zero attached hydrogens (tertiary/aromatic N) is 2. The van der Waals surface area contributed by atoms with E-state index in [0.717, 1.165) is 51.4 Å². The Morgan fingerprint density at radius 2 is 1.81 bits per heavy atom. The van der Waals surface area contributed by atoms with Crippen LogP contribution in [0.5, 0.6) is 0 Å². The van der Waals surface area contributed by atoms with Gasteiger partial charge in [0.1, 0.15) is 0 Å². The Labute approximate surface area is 158 Å². The number of carbonyl (C=O) groups excluding carboxylic acids is 1. The highest BCUT2D eigenvalue weighted by atomic mass is 16.5. The Morgan fingerprint density at radius 1 is 1.07 bits per heavy atom. The summed E-state index contributed by atoms with van der Waals surface area (Å²) >= 11 is 0. The van der Waals surface area contributed by atoms with Gasteiger partial charge in [0, 0.05) is 49.5 Å². The maximum absolute atomic E-state index is 12.6. The first-order valence-electron chi connectivity index (χ1n) is 9.52. The lowest BCUT2D eigenvalue weighted by atomic mass is 10.1. The zero-order valence-corrected chi connectivity index (χ0v) is 15.4. The van der Waals surface area contributed by atoms with Crippen molar-refractivity contribution >= 4 is 5.91 Å². The van der Waals surface area contributed by atoms with Crippen molar-refractivity contribution in [2.45, 2.75) is 12.8 Å². The van der Waals surface area contributed by atoms with Gasteiger partial charge in [0.05, 0.1) is 18.8 Å². The van der Waals surface area contributed by atoms with E-state index in [1.165, 1.54) is 10.6 Å². The van der Waals surface area contributed by atoms with Crippen molar-refractivity contribution in [1.82, 2.24) is 14.8 Å². The molecule has 0 unspecified atom stereocenters. The molecule has 0 bridgehead atoms. The number of carbonyl (C=O) groups is 1. The Morgan fingerprint density at radius 3 is 2.52 bits per heavy atom. The normalized spacial score (nSPS) is 18.8. The standard InChI is InChI=1S/C21H25N3O3/c25-19-7-6-17(14-24(19)18-4-2-1-3-5-18)20(26)22-15-21(8-9-21)16-23-10-12-27-13-11-23/h1-7,14H,8-13,15-16H2,(H,22,26). The SMILES string of the molecule is O=C(NCC1(CN2CCOCC2)CC1)c1ccc(=O)n(-c2ccccc2)c1. The Hall–Kier alpha value is -2.44. The van der Waals surface area contributed by atoms with Gasteiger partial charge in [-0.1, -0.05) is 18.2 Å². The number of rotatable bonds is 6. The highest BCUT2D eigenvalue weighted by molar-refractivity contribution is 5.94. The van der Waals surface area contributed by atoms with Gasteiger partial charge >= 0.3 is 0 Å². The van der Waals surface area contributed by atoms with Gasteiger partial charge in [0.15, 0.2) is 0 Å². The third kappa shape index (κ3) is 4.28. The first-order valence-corrected chi connectivity index (χ1v) is 9.52. The van der Waals surface area contributed by atoms with E-state index in [0.29, 0.717) is 12.1 Å². The largest absolute Gasteiger partial charge is 0.379 e. The number of para-hydroxylation sites is 1. The van der Waals surface area contributed by atoms with Gasteiger partial charge in [-0.25, -0.2) is 0 Å². The van der Waals surface area contributed by atoms with Gasteiger partial charge < -0.3 is 10.1 Å². The first kappa shape index (κ1) is 17.9. The molecular formula is C21H25N3O3. The molecule has 1 N–H and O–H groups in total. The molecule has 2 fully saturated rings. The number of pyridine rings is 1. The lowest BCUT2D eigenvalue weighted by molar-refractivity contribution is 0.0283. The minimum absolute atomic E-state index is 0.132. The molecule has 2 aromatic rings. The zero-order chi connectivity index (χ0) is 18.7. The lowest BCUT2D eigenvalue weighted by Gasteiger charge is -2.30. The monoisotopic (exact) mass is 367 g/mol. The van der Waals surface area contributed by atoms with Crippen molar-refractivity contribution in [1.29, 1.82) is 0 Å². The molecular weight excluding hydrogens is 342 g/mol. The van der Waals surface area contributed by atoms with Gasteiger partial charge in [-0.3, -0.25) is 19.1 Å². The summed E-state index contributed by atoms with van der Waals surface area (Å²) < 4.78 is 6.92. The quantitative estimate of drug-likeness (QED) is 0.844. The van der Waals surface area contributed by atoms with Crippen LogP contribution in [0.3, 0.4) is 0 Å². The van der Waals surface area contributed by atoms with Crippen molar-refractivity contribution in [2.24, 2.45) is 5.41 Å². The van der Waals surface area contributed by atoms with E-state index in [-0.39, 0.29) is 16.9 Å². The molecule has 4 rings (SSSR count). The van der Waals surface area contributed by atoms with E-state index in [9.17, 15) is 9.59 Å². The van der Waals surface area contributed by atoms with Crippen LogP contribution in [0.4, 0.5) is 0 Å². The summed E-state index contributed by atoms with van der Waals surface area (Å²) in [6.07, 6.45) is 3.91. The van der Waals surface area contributed by atoms with E-state index in [1.807, 2.05) is 30.3 Å². The molecule has 0 radical (unpaired) electrons. The van der Waals surface area contributed by atoms with E-state index in [4.69, 9.17) is 4.74 Å².